The van der Waals surface area contributed by atoms with Gasteiger partial charge in [0.1, 0.15) is 0 Å². The molecule has 2 unspecified atom stereocenters. The molecule has 1 fully saturated rings. The fourth-order valence-electron chi connectivity index (χ4n) is 2.44. The summed E-state index contributed by atoms with van der Waals surface area (Å²) in [6.07, 6.45) is 3.63. The molecule has 2 heterocycles. The molecular weight excluding hydrogens is 256 g/mol. The molecule has 2 rings (SSSR count). The summed E-state index contributed by atoms with van der Waals surface area (Å²) in [5.74, 6) is 0.00589. The Morgan fingerprint density at radius 1 is 1.50 bits per heavy atom. The number of nitrogens with one attached hydrogen (secondary N) is 2. The van der Waals surface area contributed by atoms with Crippen molar-refractivity contribution < 1.29 is 9.53 Å². The smallest absolute Gasteiger partial charge is 0.227 e. The number of hydrogen-bond donors (Lipinski definition) is 2. The van der Waals surface area contributed by atoms with Crippen molar-refractivity contribution >= 4 is 5.91 Å². The molecule has 0 aliphatic carbocycles. The van der Waals surface area contributed by atoms with Crippen LogP contribution in [0.15, 0.2) is 12.3 Å². The van der Waals surface area contributed by atoms with Crippen molar-refractivity contribution in [3.05, 3.63) is 18.0 Å². The lowest BCUT2D eigenvalue weighted by Crippen LogP contribution is -2.44. The molecule has 1 saturated heterocycles. The van der Waals surface area contributed by atoms with Crippen LogP contribution in [0, 0.1) is 5.92 Å². The van der Waals surface area contributed by atoms with Gasteiger partial charge in [-0.15, -0.1) is 0 Å². The van der Waals surface area contributed by atoms with Crippen LogP contribution in [0.25, 0.3) is 0 Å². The average molecular weight is 280 g/mol. The zero-order valence-electron chi connectivity index (χ0n) is 12.3. The van der Waals surface area contributed by atoms with E-state index in [2.05, 4.69) is 22.7 Å². The summed E-state index contributed by atoms with van der Waals surface area (Å²) in [6.45, 7) is 4.81. The quantitative estimate of drug-likeness (QED) is 0.743. The highest BCUT2D eigenvalue weighted by atomic mass is 16.5. The fourth-order valence-corrected chi connectivity index (χ4v) is 2.44. The molecule has 6 nitrogen and oxygen atoms in total. The van der Waals surface area contributed by atoms with Crippen molar-refractivity contribution in [1.29, 1.82) is 0 Å². The van der Waals surface area contributed by atoms with E-state index < -0.39 is 0 Å². The molecule has 1 aliphatic rings. The monoisotopic (exact) mass is 280 g/mol. The second kappa shape index (κ2) is 7.40. The first-order chi connectivity index (χ1) is 9.72. The third-order valence-corrected chi connectivity index (χ3v) is 3.68. The number of ether oxygens (including phenoxy) is 1. The van der Waals surface area contributed by atoms with Crippen LogP contribution in [-0.4, -0.2) is 48.0 Å². The van der Waals surface area contributed by atoms with Crippen molar-refractivity contribution in [2.45, 2.75) is 25.8 Å². The standard InChI is InChI=1S/C14H24N4O2/c1-3-6-15-13-10-20-9-12(13)14(19)16-7-4-11-5-8-17-18(11)2/h5,8,12-13,15H,3-4,6-7,9-10H2,1-2H3,(H,16,19). The van der Waals surface area contributed by atoms with Crippen molar-refractivity contribution in [2.75, 3.05) is 26.3 Å². The van der Waals surface area contributed by atoms with Crippen molar-refractivity contribution in [3.8, 4) is 0 Å². The summed E-state index contributed by atoms with van der Waals surface area (Å²) in [5, 5.41) is 10.5. The molecule has 2 atom stereocenters. The summed E-state index contributed by atoms with van der Waals surface area (Å²) in [7, 11) is 1.91. The van der Waals surface area contributed by atoms with Gasteiger partial charge in [-0.25, -0.2) is 0 Å². The van der Waals surface area contributed by atoms with E-state index >= 15 is 0 Å². The molecule has 0 saturated carbocycles. The Balaban J connectivity index is 1.75. The number of rotatable bonds is 7. The van der Waals surface area contributed by atoms with E-state index in [4.69, 9.17) is 4.74 Å². The summed E-state index contributed by atoms with van der Waals surface area (Å²) in [4.78, 5) is 12.2. The fraction of sp³-hybridized carbons (Fsp3) is 0.714. The average Bonchev–Trinajstić information content (AvgIpc) is 3.06. The number of amides is 1. The van der Waals surface area contributed by atoms with E-state index in [1.165, 1.54) is 0 Å². The van der Waals surface area contributed by atoms with E-state index in [1.54, 1.807) is 6.20 Å². The zero-order chi connectivity index (χ0) is 14.4. The zero-order valence-corrected chi connectivity index (χ0v) is 12.3. The number of carbonyl (C=O) groups is 1. The Morgan fingerprint density at radius 2 is 2.35 bits per heavy atom. The van der Waals surface area contributed by atoms with E-state index in [-0.39, 0.29) is 17.9 Å². The van der Waals surface area contributed by atoms with Crippen LogP contribution in [0.1, 0.15) is 19.0 Å². The summed E-state index contributed by atoms with van der Waals surface area (Å²) in [5.41, 5.74) is 1.12. The summed E-state index contributed by atoms with van der Waals surface area (Å²) < 4.78 is 7.25. The van der Waals surface area contributed by atoms with Crippen LogP contribution >= 0.6 is 0 Å². The third kappa shape index (κ3) is 3.80. The minimum atomic E-state index is -0.0758. The molecule has 20 heavy (non-hydrogen) atoms. The molecule has 0 bridgehead atoms. The highest BCUT2D eigenvalue weighted by Gasteiger charge is 2.33. The minimum Gasteiger partial charge on any atom is -0.379 e. The lowest BCUT2D eigenvalue weighted by atomic mass is 10.0. The van der Waals surface area contributed by atoms with Gasteiger partial charge in [0.2, 0.25) is 5.91 Å². The molecule has 1 aromatic heterocycles. The molecule has 0 radical (unpaired) electrons. The molecule has 1 aromatic rings. The summed E-state index contributed by atoms with van der Waals surface area (Å²) in [6, 6.07) is 2.11. The first-order valence-electron chi connectivity index (χ1n) is 7.28. The van der Waals surface area contributed by atoms with Crippen LogP contribution in [-0.2, 0) is 23.0 Å². The van der Waals surface area contributed by atoms with Gasteiger partial charge in [0.25, 0.3) is 0 Å². The van der Waals surface area contributed by atoms with E-state index in [0.29, 0.717) is 19.8 Å². The molecule has 0 spiro atoms. The third-order valence-electron chi connectivity index (χ3n) is 3.68. The number of hydrogen-bond acceptors (Lipinski definition) is 4. The van der Waals surface area contributed by atoms with E-state index in [0.717, 1.165) is 25.1 Å². The number of nitrogens with zero attached hydrogens (tertiary/aromatic N) is 2. The lowest BCUT2D eigenvalue weighted by molar-refractivity contribution is -0.125. The van der Waals surface area contributed by atoms with Gasteiger partial charge < -0.3 is 15.4 Å². The van der Waals surface area contributed by atoms with Crippen LogP contribution in [0.4, 0.5) is 0 Å². The van der Waals surface area contributed by atoms with Gasteiger partial charge in [0.05, 0.1) is 19.1 Å². The van der Waals surface area contributed by atoms with Gasteiger partial charge in [0.15, 0.2) is 0 Å². The second-order valence-corrected chi connectivity index (χ2v) is 5.19. The predicted molar refractivity (Wildman–Crippen MR) is 76.3 cm³/mol. The Labute approximate surface area is 119 Å². The predicted octanol–water partition coefficient (Wildman–Crippen LogP) is 0.0934. The Bertz CT molecular complexity index is 433. The maximum absolute atomic E-state index is 12.2. The van der Waals surface area contributed by atoms with Crippen LogP contribution < -0.4 is 10.6 Å². The van der Waals surface area contributed by atoms with Crippen LogP contribution in [0.2, 0.25) is 0 Å². The molecule has 1 aliphatic heterocycles. The molecule has 2 N–H and O–H groups in total. The topological polar surface area (TPSA) is 68.2 Å². The van der Waals surface area contributed by atoms with Gasteiger partial charge in [-0.2, -0.15) is 5.10 Å². The first kappa shape index (κ1) is 15.0. The lowest BCUT2D eigenvalue weighted by Gasteiger charge is -2.18. The van der Waals surface area contributed by atoms with Crippen molar-refractivity contribution in [3.63, 3.8) is 0 Å². The molecule has 1 amide bonds. The van der Waals surface area contributed by atoms with Crippen LogP contribution in [0.3, 0.4) is 0 Å². The maximum Gasteiger partial charge on any atom is 0.227 e. The Kier molecular flexibility index (Phi) is 5.55. The van der Waals surface area contributed by atoms with Gasteiger partial charge in [0, 0.05) is 37.9 Å². The summed E-state index contributed by atoms with van der Waals surface area (Å²) >= 11 is 0. The first-order valence-corrected chi connectivity index (χ1v) is 7.28. The number of aromatic nitrogens is 2. The molecule has 112 valence electrons. The minimum absolute atomic E-state index is 0.0758. The molecule has 6 heteroatoms. The highest BCUT2D eigenvalue weighted by molar-refractivity contribution is 5.79. The molecule has 0 aromatic carbocycles. The second-order valence-electron chi connectivity index (χ2n) is 5.19. The number of carbonyl (C=O) groups excluding carboxylic acids is 1. The van der Waals surface area contributed by atoms with Gasteiger partial charge in [-0.1, -0.05) is 6.92 Å². The normalized spacial score (nSPS) is 22.1. The SMILES string of the molecule is CCCNC1COCC1C(=O)NCCc1ccnn1C. The number of aryl methyl sites for hydroxylation is 1. The highest BCUT2D eigenvalue weighted by Crippen LogP contribution is 2.13. The van der Waals surface area contributed by atoms with Gasteiger partial charge in [-0.3, -0.25) is 9.48 Å². The van der Waals surface area contributed by atoms with Gasteiger partial charge in [-0.05, 0) is 19.0 Å². The van der Waals surface area contributed by atoms with E-state index in [1.807, 2.05) is 17.8 Å². The van der Waals surface area contributed by atoms with E-state index in [9.17, 15) is 4.79 Å². The maximum atomic E-state index is 12.2. The molecular formula is C14H24N4O2. The Hall–Kier alpha value is -1.40. The van der Waals surface area contributed by atoms with Crippen molar-refractivity contribution in [1.82, 2.24) is 20.4 Å². The largest absolute Gasteiger partial charge is 0.379 e. The van der Waals surface area contributed by atoms with Crippen LogP contribution in [0.5, 0.6) is 0 Å². The van der Waals surface area contributed by atoms with Gasteiger partial charge >= 0.3 is 0 Å². The van der Waals surface area contributed by atoms with Crippen molar-refractivity contribution in [2.24, 2.45) is 13.0 Å². The Morgan fingerprint density at radius 3 is 3.05 bits per heavy atom.